The average molecular weight is 341 g/mol. The molecule has 0 bridgehead atoms. The van der Waals surface area contributed by atoms with Crippen molar-refractivity contribution in [1.82, 2.24) is 0 Å². The summed E-state index contributed by atoms with van der Waals surface area (Å²) in [5.41, 5.74) is -0.743. The van der Waals surface area contributed by atoms with Gasteiger partial charge in [0.1, 0.15) is 0 Å². The predicted molar refractivity (Wildman–Crippen MR) is 82.8 cm³/mol. The number of hydrogen-bond donors (Lipinski definition) is 2. The molecule has 0 aliphatic carbocycles. The van der Waals surface area contributed by atoms with Gasteiger partial charge in [-0.2, -0.15) is 0 Å². The molecule has 0 heterocycles. The standard InChI is InChI=1S/C17H18F3NO3/c1-23-9-11-13(18)15(20)12(17(22)24-2)16(14(11)19)21-8-10-6-4-3-5-7-10/h3-7,17,21-22H,8-9H2,1-2H3. The van der Waals surface area contributed by atoms with Gasteiger partial charge in [0.2, 0.25) is 0 Å². The molecule has 2 aromatic carbocycles. The Hall–Kier alpha value is -2.09. The number of halogens is 3. The van der Waals surface area contributed by atoms with Crippen LogP contribution < -0.4 is 5.32 Å². The van der Waals surface area contributed by atoms with E-state index in [1.165, 1.54) is 7.11 Å². The highest BCUT2D eigenvalue weighted by Crippen LogP contribution is 2.34. The maximum Gasteiger partial charge on any atom is 0.185 e. The van der Waals surface area contributed by atoms with E-state index in [-0.39, 0.29) is 12.2 Å². The minimum Gasteiger partial charge on any atom is -0.380 e. The van der Waals surface area contributed by atoms with Gasteiger partial charge in [0.05, 0.1) is 23.4 Å². The lowest BCUT2D eigenvalue weighted by molar-refractivity contribution is -0.0790. The molecule has 0 aliphatic rings. The summed E-state index contributed by atoms with van der Waals surface area (Å²) >= 11 is 0. The summed E-state index contributed by atoms with van der Waals surface area (Å²) in [4.78, 5) is 0. The van der Waals surface area contributed by atoms with Gasteiger partial charge in [-0.05, 0) is 5.56 Å². The van der Waals surface area contributed by atoms with Crippen LogP contribution in [0.1, 0.15) is 23.0 Å². The van der Waals surface area contributed by atoms with Crippen LogP contribution in [-0.2, 0) is 22.6 Å². The summed E-state index contributed by atoms with van der Waals surface area (Å²) in [6, 6.07) is 8.97. The van der Waals surface area contributed by atoms with Crippen LogP contribution in [0, 0.1) is 17.5 Å². The number of aliphatic hydroxyl groups excluding tert-OH is 1. The average Bonchev–Trinajstić information content (AvgIpc) is 2.60. The van der Waals surface area contributed by atoms with E-state index in [2.05, 4.69) is 10.1 Å². The second-order valence-electron chi connectivity index (χ2n) is 5.07. The molecule has 0 spiro atoms. The molecule has 2 rings (SSSR count). The Bertz CT molecular complexity index is 695. The Morgan fingerprint density at radius 2 is 1.71 bits per heavy atom. The molecule has 2 aromatic rings. The van der Waals surface area contributed by atoms with Gasteiger partial charge < -0.3 is 19.9 Å². The van der Waals surface area contributed by atoms with E-state index in [0.717, 1.165) is 12.7 Å². The molecule has 130 valence electrons. The highest BCUT2D eigenvalue weighted by Gasteiger charge is 2.28. The fourth-order valence-electron chi connectivity index (χ4n) is 2.31. The Labute approximate surface area is 137 Å². The monoisotopic (exact) mass is 341 g/mol. The molecule has 0 aromatic heterocycles. The zero-order chi connectivity index (χ0) is 17.7. The van der Waals surface area contributed by atoms with Crippen LogP contribution >= 0.6 is 0 Å². The van der Waals surface area contributed by atoms with Crippen molar-refractivity contribution in [2.75, 3.05) is 19.5 Å². The van der Waals surface area contributed by atoms with E-state index >= 15 is 0 Å². The molecule has 7 heteroatoms. The lowest BCUT2D eigenvalue weighted by atomic mass is 10.0. The minimum absolute atomic E-state index is 0.151. The zero-order valence-electron chi connectivity index (χ0n) is 13.3. The van der Waals surface area contributed by atoms with Crippen molar-refractivity contribution < 1.29 is 27.8 Å². The third-order valence-corrected chi connectivity index (χ3v) is 3.52. The normalized spacial score (nSPS) is 12.2. The van der Waals surface area contributed by atoms with Crippen molar-refractivity contribution in [2.24, 2.45) is 0 Å². The Morgan fingerprint density at radius 1 is 1.04 bits per heavy atom. The second-order valence-corrected chi connectivity index (χ2v) is 5.07. The summed E-state index contributed by atoms with van der Waals surface area (Å²) < 4.78 is 52.4. The van der Waals surface area contributed by atoms with Gasteiger partial charge in [-0.3, -0.25) is 0 Å². The largest absolute Gasteiger partial charge is 0.380 e. The number of benzene rings is 2. The van der Waals surface area contributed by atoms with Crippen LogP contribution in [0.4, 0.5) is 18.9 Å². The van der Waals surface area contributed by atoms with Crippen molar-refractivity contribution in [1.29, 1.82) is 0 Å². The molecule has 0 radical (unpaired) electrons. The predicted octanol–water partition coefficient (Wildman–Crippen LogP) is 3.50. The molecule has 1 unspecified atom stereocenters. The maximum atomic E-state index is 14.6. The first-order chi connectivity index (χ1) is 11.5. The number of rotatable bonds is 7. The third kappa shape index (κ3) is 3.69. The number of ether oxygens (including phenoxy) is 2. The molecule has 0 aliphatic heterocycles. The van der Waals surface area contributed by atoms with Crippen molar-refractivity contribution in [2.45, 2.75) is 19.4 Å². The van der Waals surface area contributed by atoms with E-state index in [4.69, 9.17) is 4.74 Å². The van der Waals surface area contributed by atoms with Gasteiger partial charge in [-0.1, -0.05) is 30.3 Å². The Balaban J connectivity index is 2.49. The summed E-state index contributed by atoms with van der Waals surface area (Å²) in [5.74, 6) is -3.82. The molecule has 1 atom stereocenters. The molecule has 0 amide bonds. The van der Waals surface area contributed by atoms with Crippen LogP contribution in [0.2, 0.25) is 0 Å². The molecule has 0 saturated heterocycles. The molecule has 0 fully saturated rings. The van der Waals surface area contributed by atoms with Crippen molar-refractivity contribution in [3.05, 3.63) is 64.5 Å². The first-order valence-electron chi connectivity index (χ1n) is 7.18. The van der Waals surface area contributed by atoms with E-state index in [1.54, 1.807) is 24.3 Å². The fraction of sp³-hybridized carbons (Fsp3) is 0.294. The first-order valence-corrected chi connectivity index (χ1v) is 7.18. The topological polar surface area (TPSA) is 50.7 Å². The van der Waals surface area contributed by atoms with Gasteiger partial charge in [0.15, 0.2) is 23.7 Å². The van der Waals surface area contributed by atoms with E-state index in [1.807, 2.05) is 6.07 Å². The summed E-state index contributed by atoms with van der Waals surface area (Å²) in [7, 11) is 2.34. The maximum absolute atomic E-state index is 14.6. The number of aliphatic hydroxyl groups is 1. The van der Waals surface area contributed by atoms with E-state index in [0.29, 0.717) is 0 Å². The van der Waals surface area contributed by atoms with Gasteiger partial charge >= 0.3 is 0 Å². The van der Waals surface area contributed by atoms with Crippen molar-refractivity contribution in [3.8, 4) is 0 Å². The first kappa shape index (κ1) is 18.3. The molecular formula is C17H18F3NO3. The molecule has 24 heavy (non-hydrogen) atoms. The molecule has 2 N–H and O–H groups in total. The summed E-state index contributed by atoms with van der Waals surface area (Å²) in [6.07, 6.45) is -1.82. The van der Waals surface area contributed by atoms with Crippen LogP contribution in [0.3, 0.4) is 0 Å². The molecule has 4 nitrogen and oxygen atoms in total. The SMILES string of the molecule is COCc1c(F)c(F)c(C(O)OC)c(NCc2ccccc2)c1F. The third-order valence-electron chi connectivity index (χ3n) is 3.52. The highest BCUT2D eigenvalue weighted by molar-refractivity contribution is 5.57. The number of hydrogen-bond acceptors (Lipinski definition) is 4. The number of nitrogens with one attached hydrogen (secondary N) is 1. The van der Waals surface area contributed by atoms with Crippen molar-refractivity contribution in [3.63, 3.8) is 0 Å². The fourth-order valence-corrected chi connectivity index (χ4v) is 2.31. The van der Waals surface area contributed by atoms with Gasteiger partial charge in [0.25, 0.3) is 0 Å². The smallest absolute Gasteiger partial charge is 0.185 e. The van der Waals surface area contributed by atoms with Gasteiger partial charge in [-0.15, -0.1) is 0 Å². The quantitative estimate of drug-likeness (QED) is 0.598. The van der Waals surface area contributed by atoms with Gasteiger partial charge in [-0.25, -0.2) is 13.2 Å². The van der Waals surface area contributed by atoms with Gasteiger partial charge in [0, 0.05) is 20.8 Å². The second kappa shape index (κ2) is 8.14. The Morgan fingerprint density at radius 3 is 2.29 bits per heavy atom. The van der Waals surface area contributed by atoms with Crippen LogP contribution in [-0.4, -0.2) is 19.3 Å². The number of anilines is 1. The van der Waals surface area contributed by atoms with Crippen molar-refractivity contribution >= 4 is 5.69 Å². The van der Waals surface area contributed by atoms with E-state index < -0.39 is 41.5 Å². The van der Waals surface area contributed by atoms with Crippen LogP contribution in [0.25, 0.3) is 0 Å². The molecule has 0 saturated carbocycles. The molecular weight excluding hydrogens is 323 g/mol. The summed E-state index contributed by atoms with van der Waals surface area (Å²) in [5, 5.41) is 12.5. The number of methoxy groups -OCH3 is 2. The lowest BCUT2D eigenvalue weighted by Crippen LogP contribution is -2.16. The lowest BCUT2D eigenvalue weighted by Gasteiger charge is -2.20. The highest BCUT2D eigenvalue weighted by atomic mass is 19.2. The van der Waals surface area contributed by atoms with Crippen LogP contribution in [0.15, 0.2) is 30.3 Å². The van der Waals surface area contributed by atoms with E-state index in [9.17, 15) is 18.3 Å². The Kier molecular flexibility index (Phi) is 6.19. The van der Waals surface area contributed by atoms with Crippen LogP contribution in [0.5, 0.6) is 0 Å². The summed E-state index contributed by atoms with van der Waals surface area (Å²) in [6.45, 7) is -0.295. The zero-order valence-corrected chi connectivity index (χ0v) is 13.3. The minimum atomic E-state index is -1.82.